The van der Waals surface area contributed by atoms with Gasteiger partial charge in [0.05, 0.1) is 23.6 Å². The smallest absolute Gasteiger partial charge is 0.241 e. The fourth-order valence-corrected chi connectivity index (χ4v) is 5.61. The second-order valence-electron chi connectivity index (χ2n) is 8.84. The third-order valence-electron chi connectivity index (χ3n) is 7.06. The molecule has 0 aromatic heterocycles. The first-order valence-corrected chi connectivity index (χ1v) is 11.3. The fraction of sp³-hybridized carbons (Fsp3) is 0.185. The molecule has 0 unspecified atom stereocenters. The van der Waals surface area contributed by atoms with Crippen molar-refractivity contribution >= 4 is 40.7 Å². The highest BCUT2D eigenvalue weighted by Crippen LogP contribution is 2.57. The number of amides is 2. The third kappa shape index (κ3) is 2.55. The largest absolute Gasteiger partial charge is 0.349 e. The molecule has 3 aromatic rings. The lowest BCUT2D eigenvalue weighted by atomic mass is 9.77. The lowest BCUT2D eigenvalue weighted by Crippen LogP contribution is -2.51. The molecule has 1 aliphatic carbocycles. The zero-order valence-electron chi connectivity index (χ0n) is 18.0. The molecule has 0 radical (unpaired) electrons. The zero-order chi connectivity index (χ0) is 23.8. The number of hydrogen-bond donors (Lipinski definition) is 0. The van der Waals surface area contributed by atoms with E-state index < -0.39 is 46.9 Å². The summed E-state index contributed by atoms with van der Waals surface area (Å²) in [5, 5.41) is 0.404. The summed E-state index contributed by atoms with van der Waals surface area (Å²) in [6.45, 7) is 1.82. The summed E-state index contributed by atoms with van der Waals surface area (Å²) in [5.41, 5.74) is 0.0517. The predicted octanol–water partition coefficient (Wildman–Crippen LogP) is 4.34. The van der Waals surface area contributed by atoms with Gasteiger partial charge in [-0.2, -0.15) is 0 Å². The number of nitrogens with zero attached hydrogens (tertiary/aromatic N) is 1. The van der Waals surface area contributed by atoms with Gasteiger partial charge in [-0.15, -0.1) is 0 Å². The van der Waals surface area contributed by atoms with E-state index in [0.717, 1.165) is 10.5 Å². The number of halogens is 1. The SMILES string of the molecule is Cc1ccc(N2C(=O)[C@H]3[C@H](c4ccccc4)OC4(C(=O)c5ccccc5C4=O)[C@H]3C2=O)cc1Cl. The Kier molecular flexibility index (Phi) is 4.43. The molecular weight excluding hydrogens is 454 g/mol. The van der Waals surface area contributed by atoms with Crippen molar-refractivity contribution in [1.29, 1.82) is 0 Å². The summed E-state index contributed by atoms with van der Waals surface area (Å²) in [5.74, 6) is -4.62. The van der Waals surface area contributed by atoms with E-state index in [4.69, 9.17) is 16.3 Å². The first-order chi connectivity index (χ1) is 16.4. The number of aryl methyl sites for hydroxylation is 1. The number of Topliss-reactive ketones (excluding diaryl/α,β-unsaturated/α-hetero) is 2. The van der Waals surface area contributed by atoms with Gasteiger partial charge in [-0.1, -0.05) is 72.3 Å². The van der Waals surface area contributed by atoms with Crippen LogP contribution in [0, 0.1) is 18.8 Å². The van der Waals surface area contributed by atoms with Gasteiger partial charge < -0.3 is 4.74 Å². The van der Waals surface area contributed by atoms with Gasteiger partial charge in [0.15, 0.2) is 0 Å². The molecule has 2 aliphatic heterocycles. The highest BCUT2D eigenvalue weighted by atomic mass is 35.5. The van der Waals surface area contributed by atoms with Gasteiger partial charge in [0.25, 0.3) is 0 Å². The van der Waals surface area contributed by atoms with E-state index in [9.17, 15) is 19.2 Å². The summed E-state index contributed by atoms with van der Waals surface area (Å²) in [6.07, 6.45) is -0.934. The molecule has 3 aliphatic rings. The second kappa shape index (κ2) is 7.19. The molecule has 1 spiro atoms. The quantitative estimate of drug-likeness (QED) is 0.410. The molecule has 6 rings (SSSR count). The maximum atomic E-state index is 13.9. The lowest BCUT2D eigenvalue weighted by Gasteiger charge is -2.27. The van der Waals surface area contributed by atoms with E-state index in [-0.39, 0.29) is 11.1 Å². The van der Waals surface area contributed by atoms with Crippen molar-refractivity contribution in [3.63, 3.8) is 0 Å². The van der Waals surface area contributed by atoms with Crippen LogP contribution in [0.3, 0.4) is 0 Å². The Morgan fingerprint density at radius 1 is 0.824 bits per heavy atom. The Morgan fingerprint density at radius 2 is 1.44 bits per heavy atom. The van der Waals surface area contributed by atoms with Crippen molar-refractivity contribution < 1.29 is 23.9 Å². The Labute approximate surface area is 200 Å². The highest BCUT2D eigenvalue weighted by molar-refractivity contribution is 6.37. The molecule has 2 fully saturated rings. The molecule has 34 heavy (non-hydrogen) atoms. The number of ether oxygens (including phenoxy) is 1. The number of ketones is 2. The number of carbonyl (C=O) groups excluding carboxylic acids is 4. The molecule has 3 atom stereocenters. The molecule has 0 saturated carbocycles. The van der Waals surface area contributed by atoms with Crippen LogP contribution in [-0.2, 0) is 14.3 Å². The van der Waals surface area contributed by atoms with Crippen LogP contribution >= 0.6 is 11.6 Å². The summed E-state index contributed by atoms with van der Waals surface area (Å²) >= 11 is 6.28. The molecule has 3 aromatic carbocycles. The van der Waals surface area contributed by atoms with E-state index in [1.807, 2.05) is 13.0 Å². The van der Waals surface area contributed by atoms with Crippen LogP contribution in [0.5, 0.6) is 0 Å². The van der Waals surface area contributed by atoms with Crippen LogP contribution in [0.15, 0.2) is 72.8 Å². The summed E-state index contributed by atoms with van der Waals surface area (Å²) in [7, 11) is 0. The molecular formula is C27H18ClNO5. The molecule has 168 valence electrons. The minimum absolute atomic E-state index is 0.206. The Morgan fingerprint density at radius 3 is 2.06 bits per heavy atom. The summed E-state index contributed by atoms with van der Waals surface area (Å²) in [6, 6.07) is 20.2. The van der Waals surface area contributed by atoms with Crippen molar-refractivity contribution in [3.05, 3.63) is 100 Å². The van der Waals surface area contributed by atoms with Crippen molar-refractivity contribution in [3.8, 4) is 0 Å². The molecule has 6 nitrogen and oxygen atoms in total. The van der Waals surface area contributed by atoms with E-state index in [1.165, 1.54) is 0 Å². The Balaban J connectivity index is 1.55. The molecule has 7 heteroatoms. The second-order valence-corrected chi connectivity index (χ2v) is 9.24. The Hall–Kier alpha value is -3.61. The van der Waals surface area contributed by atoms with Crippen LogP contribution < -0.4 is 4.90 Å². The molecule has 2 saturated heterocycles. The van der Waals surface area contributed by atoms with E-state index in [1.54, 1.807) is 66.7 Å². The third-order valence-corrected chi connectivity index (χ3v) is 7.47. The summed E-state index contributed by atoms with van der Waals surface area (Å²) in [4.78, 5) is 56.1. The zero-order valence-corrected chi connectivity index (χ0v) is 18.8. The molecule has 2 amide bonds. The van der Waals surface area contributed by atoms with Crippen LogP contribution in [0.2, 0.25) is 5.02 Å². The number of fused-ring (bicyclic) bond motifs is 3. The number of anilines is 1. The highest BCUT2D eigenvalue weighted by Gasteiger charge is 2.74. The van der Waals surface area contributed by atoms with E-state index in [2.05, 4.69) is 0 Å². The first kappa shape index (κ1) is 21.0. The Bertz CT molecular complexity index is 1380. The number of benzene rings is 3. The van der Waals surface area contributed by atoms with Crippen molar-refractivity contribution in [2.45, 2.75) is 18.6 Å². The van der Waals surface area contributed by atoms with Gasteiger partial charge >= 0.3 is 0 Å². The van der Waals surface area contributed by atoms with Crippen molar-refractivity contribution in [1.82, 2.24) is 0 Å². The van der Waals surface area contributed by atoms with Gasteiger partial charge in [0.1, 0.15) is 0 Å². The topological polar surface area (TPSA) is 80.8 Å². The minimum Gasteiger partial charge on any atom is -0.349 e. The minimum atomic E-state index is -2.08. The van der Waals surface area contributed by atoms with Gasteiger partial charge in [-0.3, -0.25) is 19.2 Å². The molecule has 2 heterocycles. The summed E-state index contributed by atoms with van der Waals surface area (Å²) < 4.78 is 6.24. The number of rotatable bonds is 2. The van der Waals surface area contributed by atoms with Crippen molar-refractivity contribution in [2.24, 2.45) is 11.8 Å². The average Bonchev–Trinajstić information content (AvgIpc) is 3.42. The lowest BCUT2D eigenvalue weighted by molar-refractivity contribution is -0.127. The first-order valence-electron chi connectivity index (χ1n) is 10.9. The van der Waals surface area contributed by atoms with Crippen LogP contribution in [0.1, 0.15) is 37.9 Å². The van der Waals surface area contributed by atoms with Crippen LogP contribution in [0.25, 0.3) is 0 Å². The fourth-order valence-electron chi connectivity index (χ4n) is 5.44. The van der Waals surface area contributed by atoms with E-state index in [0.29, 0.717) is 16.3 Å². The van der Waals surface area contributed by atoms with Gasteiger partial charge in [-0.05, 0) is 30.2 Å². The van der Waals surface area contributed by atoms with Crippen LogP contribution in [-0.4, -0.2) is 29.0 Å². The molecule has 0 bridgehead atoms. The van der Waals surface area contributed by atoms with Crippen LogP contribution in [0.4, 0.5) is 5.69 Å². The van der Waals surface area contributed by atoms with Crippen molar-refractivity contribution in [2.75, 3.05) is 4.90 Å². The van der Waals surface area contributed by atoms with E-state index >= 15 is 0 Å². The maximum absolute atomic E-state index is 13.9. The average molecular weight is 472 g/mol. The van der Waals surface area contributed by atoms with Gasteiger partial charge in [0.2, 0.25) is 29.0 Å². The van der Waals surface area contributed by atoms with Gasteiger partial charge in [0, 0.05) is 16.1 Å². The standard InChI is InChI=1S/C27H18ClNO5/c1-14-11-12-16(13-19(14)28)29-25(32)20-21(26(29)33)27(34-22(20)15-7-3-2-4-8-15)23(30)17-9-5-6-10-18(17)24(27)31/h2-13,20-22H,1H3/t20-,21-,22+/m1/s1. The maximum Gasteiger partial charge on any atom is 0.241 e. The number of hydrogen-bond acceptors (Lipinski definition) is 5. The molecule has 0 N–H and O–H groups in total. The predicted molar refractivity (Wildman–Crippen MR) is 124 cm³/mol. The van der Waals surface area contributed by atoms with Gasteiger partial charge in [-0.25, -0.2) is 4.90 Å². The monoisotopic (exact) mass is 471 g/mol. The number of carbonyl (C=O) groups is 4. The normalized spacial score (nSPS) is 24.8. The number of imide groups is 1.